The lowest BCUT2D eigenvalue weighted by molar-refractivity contribution is -0.174. The molecule has 5 atom stereocenters. The van der Waals surface area contributed by atoms with Gasteiger partial charge >= 0.3 is 0 Å². The smallest absolute Gasteiger partial charge is 0.144 e. The van der Waals surface area contributed by atoms with E-state index in [9.17, 15) is 15.0 Å². The van der Waals surface area contributed by atoms with Crippen LogP contribution in [0.4, 0.5) is 0 Å². The molecule has 4 heteroatoms. The van der Waals surface area contributed by atoms with E-state index in [1.807, 2.05) is 0 Å². The van der Waals surface area contributed by atoms with Crippen LogP contribution >= 0.6 is 0 Å². The number of aliphatic hydroxyl groups excluding tert-OH is 2. The van der Waals surface area contributed by atoms with Crippen LogP contribution in [0.15, 0.2) is 11.6 Å². The molecule has 3 N–H and O–H groups in total. The third kappa shape index (κ3) is 2.14. The van der Waals surface area contributed by atoms with Gasteiger partial charge < -0.3 is 15.3 Å². The van der Waals surface area contributed by atoms with Crippen molar-refractivity contribution in [2.24, 2.45) is 17.3 Å². The molecule has 4 nitrogen and oxygen atoms in total. The molecule has 0 bridgehead atoms. The van der Waals surface area contributed by atoms with Crippen molar-refractivity contribution in [1.82, 2.24) is 0 Å². The Hall–Kier alpha value is -0.710. The standard InChI is InChI=1S/C16H26O4/c1-10-4-5-12-11(8-10)9-14(19)16(3,20)15(12,2)13(18)6-7-17/h9-10,12,14,17,19-20H,4-8H2,1-3H3. The third-order valence-electron chi connectivity index (χ3n) is 5.59. The summed E-state index contributed by atoms with van der Waals surface area (Å²) in [5, 5.41) is 30.1. The predicted molar refractivity (Wildman–Crippen MR) is 76.0 cm³/mol. The Morgan fingerprint density at radius 1 is 1.40 bits per heavy atom. The Bertz CT molecular complexity index is 426. The van der Waals surface area contributed by atoms with Crippen molar-refractivity contribution in [2.75, 3.05) is 6.61 Å². The summed E-state index contributed by atoms with van der Waals surface area (Å²) in [6.45, 7) is 5.24. The average molecular weight is 282 g/mol. The van der Waals surface area contributed by atoms with Gasteiger partial charge in [0.2, 0.25) is 0 Å². The summed E-state index contributed by atoms with van der Waals surface area (Å²) in [4.78, 5) is 12.6. The topological polar surface area (TPSA) is 77.8 Å². The number of hydrogen-bond acceptors (Lipinski definition) is 4. The lowest BCUT2D eigenvalue weighted by Gasteiger charge is -2.54. The number of hydrogen-bond donors (Lipinski definition) is 3. The summed E-state index contributed by atoms with van der Waals surface area (Å²) in [6.07, 6.45) is 3.48. The van der Waals surface area contributed by atoms with Crippen molar-refractivity contribution >= 4 is 5.78 Å². The molecule has 0 heterocycles. The molecule has 2 rings (SSSR count). The summed E-state index contributed by atoms with van der Waals surface area (Å²) in [7, 11) is 0. The molecule has 0 aromatic carbocycles. The SMILES string of the molecule is CC1CCC2C(=CC(O)C(C)(O)C2(C)C(=O)CCO)C1. The van der Waals surface area contributed by atoms with Crippen LogP contribution in [0.25, 0.3) is 0 Å². The quantitative estimate of drug-likeness (QED) is 0.684. The van der Waals surface area contributed by atoms with Gasteiger partial charge in [-0.1, -0.05) is 18.6 Å². The second-order valence-corrected chi connectivity index (χ2v) is 6.87. The van der Waals surface area contributed by atoms with Gasteiger partial charge in [0.1, 0.15) is 17.5 Å². The first-order chi connectivity index (χ1) is 9.25. The van der Waals surface area contributed by atoms with Gasteiger partial charge in [-0.2, -0.15) is 0 Å². The van der Waals surface area contributed by atoms with Gasteiger partial charge in [0.05, 0.1) is 5.41 Å². The molecule has 20 heavy (non-hydrogen) atoms. The fourth-order valence-electron chi connectivity index (χ4n) is 3.99. The summed E-state index contributed by atoms with van der Waals surface area (Å²) < 4.78 is 0. The Labute approximate surface area is 120 Å². The molecule has 5 unspecified atom stereocenters. The van der Waals surface area contributed by atoms with Crippen molar-refractivity contribution in [3.63, 3.8) is 0 Å². The monoisotopic (exact) mass is 282 g/mol. The molecular formula is C16H26O4. The zero-order valence-corrected chi connectivity index (χ0v) is 12.6. The number of Topliss-reactive ketones (excluding diaryl/α,β-unsaturated/α-hetero) is 1. The fraction of sp³-hybridized carbons (Fsp3) is 0.812. The van der Waals surface area contributed by atoms with E-state index in [1.165, 1.54) is 6.92 Å². The molecule has 2 aliphatic rings. The zero-order valence-electron chi connectivity index (χ0n) is 12.6. The number of rotatable bonds is 3. The summed E-state index contributed by atoms with van der Waals surface area (Å²) in [5.41, 5.74) is -1.43. The van der Waals surface area contributed by atoms with E-state index in [0.29, 0.717) is 5.92 Å². The van der Waals surface area contributed by atoms with Gasteiger partial charge in [-0.05, 0) is 44.9 Å². The highest BCUT2D eigenvalue weighted by Gasteiger charge is 2.59. The van der Waals surface area contributed by atoms with Crippen molar-refractivity contribution in [1.29, 1.82) is 0 Å². The molecule has 0 saturated heterocycles. The fourth-order valence-corrected chi connectivity index (χ4v) is 3.99. The molecule has 0 amide bonds. The number of carbonyl (C=O) groups is 1. The van der Waals surface area contributed by atoms with Crippen LogP contribution in [0.3, 0.4) is 0 Å². The largest absolute Gasteiger partial charge is 0.396 e. The first-order valence-electron chi connectivity index (χ1n) is 7.50. The minimum atomic E-state index is -1.49. The van der Waals surface area contributed by atoms with E-state index in [-0.39, 0.29) is 24.7 Å². The van der Waals surface area contributed by atoms with E-state index in [1.54, 1.807) is 13.0 Å². The van der Waals surface area contributed by atoms with Crippen molar-refractivity contribution in [3.8, 4) is 0 Å². The maximum atomic E-state index is 12.6. The Balaban J connectivity index is 2.47. The van der Waals surface area contributed by atoms with E-state index in [2.05, 4.69) is 6.92 Å². The van der Waals surface area contributed by atoms with Gasteiger partial charge in [0.15, 0.2) is 0 Å². The van der Waals surface area contributed by atoms with Gasteiger partial charge in [-0.3, -0.25) is 4.79 Å². The molecule has 0 aromatic rings. The van der Waals surface area contributed by atoms with Crippen LogP contribution in [-0.4, -0.2) is 39.4 Å². The Morgan fingerprint density at radius 3 is 2.65 bits per heavy atom. The predicted octanol–water partition coefficient (Wildman–Crippen LogP) is 1.43. The van der Waals surface area contributed by atoms with Gasteiger partial charge in [0.25, 0.3) is 0 Å². The number of ketones is 1. The highest BCUT2D eigenvalue weighted by molar-refractivity contribution is 5.87. The Kier molecular flexibility index (Phi) is 4.11. The number of carbonyl (C=O) groups excluding carboxylic acids is 1. The first-order valence-corrected chi connectivity index (χ1v) is 7.50. The zero-order chi connectivity index (χ0) is 15.1. The van der Waals surface area contributed by atoms with Crippen molar-refractivity contribution in [2.45, 2.75) is 58.2 Å². The molecule has 114 valence electrons. The van der Waals surface area contributed by atoms with Crippen LogP contribution in [0.5, 0.6) is 0 Å². The first kappa shape index (κ1) is 15.7. The molecular weight excluding hydrogens is 256 g/mol. The minimum absolute atomic E-state index is 0.0265. The Morgan fingerprint density at radius 2 is 2.05 bits per heavy atom. The van der Waals surface area contributed by atoms with E-state index in [4.69, 9.17) is 5.11 Å². The third-order valence-corrected chi connectivity index (χ3v) is 5.59. The van der Waals surface area contributed by atoms with Crippen molar-refractivity contribution < 1.29 is 20.1 Å². The molecule has 2 aliphatic carbocycles. The van der Waals surface area contributed by atoms with E-state index >= 15 is 0 Å². The normalized spacial score (nSPS) is 44.7. The van der Waals surface area contributed by atoms with Gasteiger partial charge in [0, 0.05) is 13.0 Å². The molecule has 0 spiro atoms. The summed E-state index contributed by atoms with van der Waals surface area (Å²) >= 11 is 0. The van der Waals surface area contributed by atoms with Gasteiger partial charge in [-0.25, -0.2) is 0 Å². The maximum absolute atomic E-state index is 12.6. The number of fused-ring (bicyclic) bond motifs is 1. The second-order valence-electron chi connectivity index (χ2n) is 6.87. The van der Waals surface area contributed by atoms with Crippen LogP contribution in [0.2, 0.25) is 0 Å². The van der Waals surface area contributed by atoms with E-state index in [0.717, 1.165) is 24.8 Å². The minimum Gasteiger partial charge on any atom is -0.396 e. The summed E-state index contributed by atoms with van der Waals surface area (Å²) in [6, 6.07) is 0. The van der Waals surface area contributed by atoms with E-state index < -0.39 is 17.1 Å². The molecule has 0 radical (unpaired) electrons. The molecule has 1 fully saturated rings. The maximum Gasteiger partial charge on any atom is 0.144 e. The lowest BCUT2D eigenvalue weighted by atomic mass is 9.52. The number of allylic oxidation sites excluding steroid dienone is 1. The van der Waals surface area contributed by atoms with Crippen LogP contribution in [-0.2, 0) is 4.79 Å². The van der Waals surface area contributed by atoms with Crippen LogP contribution in [0, 0.1) is 17.3 Å². The van der Waals surface area contributed by atoms with Gasteiger partial charge in [-0.15, -0.1) is 0 Å². The second kappa shape index (κ2) is 5.24. The average Bonchev–Trinajstić information content (AvgIpc) is 2.36. The summed E-state index contributed by atoms with van der Waals surface area (Å²) in [5.74, 6) is 0.357. The van der Waals surface area contributed by atoms with Crippen LogP contribution in [0.1, 0.15) is 46.5 Å². The van der Waals surface area contributed by atoms with Crippen molar-refractivity contribution in [3.05, 3.63) is 11.6 Å². The molecule has 0 aliphatic heterocycles. The molecule has 1 saturated carbocycles. The van der Waals surface area contributed by atoms with Crippen LogP contribution < -0.4 is 0 Å². The molecule has 0 aromatic heterocycles. The lowest BCUT2D eigenvalue weighted by Crippen LogP contribution is -2.62. The highest BCUT2D eigenvalue weighted by Crippen LogP contribution is 2.54. The highest BCUT2D eigenvalue weighted by atomic mass is 16.3. The number of aliphatic hydroxyl groups is 3.